The lowest BCUT2D eigenvalue weighted by atomic mass is 10.2. The van der Waals surface area contributed by atoms with E-state index in [0.717, 1.165) is 0 Å². The van der Waals surface area contributed by atoms with E-state index in [-0.39, 0.29) is 11.8 Å². The molecule has 3 nitrogen and oxygen atoms in total. The molecule has 0 aliphatic carbocycles. The molecular formula is C11H11ClN2O. The fraction of sp³-hybridized carbons (Fsp3) is 0.273. The number of hydrogen-bond donors (Lipinski definition) is 1. The number of nitrogens with one attached hydrogen (secondary N) is 1. The lowest BCUT2D eigenvalue weighted by Gasteiger charge is -2.07. The van der Waals surface area contributed by atoms with Crippen LogP contribution in [-0.2, 0) is 0 Å². The number of carbonyl (C=O) groups excluding carboxylic acids is 1. The second kappa shape index (κ2) is 5.38. The first kappa shape index (κ1) is 11.5. The molecule has 1 amide bonds. The summed E-state index contributed by atoms with van der Waals surface area (Å²) in [6.07, 6.45) is 0. The van der Waals surface area contributed by atoms with Gasteiger partial charge >= 0.3 is 0 Å². The lowest BCUT2D eigenvalue weighted by Crippen LogP contribution is -2.27. The SMILES string of the molecule is CC(C#N)CNC(=O)c1ccccc1Cl. The third-order valence-electron chi connectivity index (χ3n) is 1.91. The van der Waals surface area contributed by atoms with Crippen LogP contribution in [0.1, 0.15) is 17.3 Å². The smallest absolute Gasteiger partial charge is 0.252 e. The first-order valence-corrected chi connectivity index (χ1v) is 4.95. The third kappa shape index (κ3) is 3.26. The Kier molecular flexibility index (Phi) is 4.14. The molecule has 0 fully saturated rings. The summed E-state index contributed by atoms with van der Waals surface area (Å²) < 4.78 is 0. The number of benzene rings is 1. The Morgan fingerprint density at radius 2 is 2.27 bits per heavy atom. The Labute approximate surface area is 93.7 Å². The summed E-state index contributed by atoms with van der Waals surface area (Å²) in [6.45, 7) is 2.08. The van der Waals surface area contributed by atoms with E-state index in [9.17, 15) is 4.79 Å². The van der Waals surface area contributed by atoms with Gasteiger partial charge in [0, 0.05) is 6.54 Å². The highest BCUT2D eigenvalue weighted by Gasteiger charge is 2.09. The van der Waals surface area contributed by atoms with Gasteiger partial charge in [0.05, 0.1) is 22.6 Å². The van der Waals surface area contributed by atoms with Gasteiger partial charge < -0.3 is 5.32 Å². The molecule has 15 heavy (non-hydrogen) atoms. The molecule has 0 bridgehead atoms. The van der Waals surface area contributed by atoms with Crippen molar-refractivity contribution in [2.24, 2.45) is 5.92 Å². The van der Waals surface area contributed by atoms with Crippen molar-refractivity contribution in [3.05, 3.63) is 34.9 Å². The van der Waals surface area contributed by atoms with E-state index in [1.165, 1.54) is 0 Å². The van der Waals surface area contributed by atoms with Gasteiger partial charge in [0.1, 0.15) is 0 Å². The van der Waals surface area contributed by atoms with Crippen LogP contribution in [-0.4, -0.2) is 12.5 Å². The minimum absolute atomic E-state index is 0.198. The predicted molar refractivity (Wildman–Crippen MR) is 58.6 cm³/mol. The highest BCUT2D eigenvalue weighted by Crippen LogP contribution is 2.14. The summed E-state index contributed by atoms with van der Waals surface area (Å²) >= 11 is 5.84. The molecule has 0 spiro atoms. The normalized spacial score (nSPS) is 11.5. The zero-order valence-electron chi connectivity index (χ0n) is 8.33. The molecule has 1 rings (SSSR count). The Bertz CT molecular complexity index is 398. The summed E-state index contributed by atoms with van der Waals surface area (Å²) in [6, 6.07) is 8.85. The van der Waals surface area contributed by atoms with Gasteiger partial charge in [0.25, 0.3) is 5.91 Å². The van der Waals surface area contributed by atoms with Crippen LogP contribution in [0.3, 0.4) is 0 Å². The number of carbonyl (C=O) groups is 1. The molecule has 1 aromatic carbocycles. The highest BCUT2D eigenvalue weighted by atomic mass is 35.5. The lowest BCUT2D eigenvalue weighted by molar-refractivity contribution is 0.0951. The Hall–Kier alpha value is -1.53. The molecule has 0 aromatic heterocycles. The topological polar surface area (TPSA) is 52.9 Å². The van der Waals surface area contributed by atoms with E-state index < -0.39 is 0 Å². The minimum atomic E-state index is -0.247. The second-order valence-electron chi connectivity index (χ2n) is 3.22. The standard InChI is InChI=1S/C11H11ClN2O/c1-8(6-13)7-14-11(15)9-4-2-3-5-10(9)12/h2-5,8H,7H2,1H3,(H,14,15). The number of hydrogen-bond acceptors (Lipinski definition) is 2. The summed E-state index contributed by atoms with van der Waals surface area (Å²) in [7, 11) is 0. The molecule has 1 atom stereocenters. The summed E-state index contributed by atoms with van der Waals surface area (Å²) in [5, 5.41) is 11.6. The van der Waals surface area contributed by atoms with Crippen molar-refractivity contribution in [3.8, 4) is 6.07 Å². The van der Waals surface area contributed by atoms with E-state index in [1.807, 2.05) is 6.07 Å². The molecule has 1 unspecified atom stereocenters. The maximum atomic E-state index is 11.6. The van der Waals surface area contributed by atoms with E-state index in [1.54, 1.807) is 31.2 Å². The van der Waals surface area contributed by atoms with Gasteiger partial charge in [0.15, 0.2) is 0 Å². The highest BCUT2D eigenvalue weighted by molar-refractivity contribution is 6.33. The van der Waals surface area contributed by atoms with Crippen LogP contribution in [0, 0.1) is 17.2 Å². The first-order chi connectivity index (χ1) is 7.15. The van der Waals surface area contributed by atoms with E-state index >= 15 is 0 Å². The number of amides is 1. The Balaban J connectivity index is 2.63. The van der Waals surface area contributed by atoms with Crippen LogP contribution in [0.25, 0.3) is 0 Å². The largest absolute Gasteiger partial charge is 0.351 e. The van der Waals surface area contributed by atoms with Gasteiger partial charge in [0.2, 0.25) is 0 Å². The number of nitrogens with zero attached hydrogens (tertiary/aromatic N) is 1. The number of halogens is 1. The molecule has 0 aliphatic rings. The predicted octanol–water partition coefficient (Wildman–Crippen LogP) is 2.23. The van der Waals surface area contributed by atoms with Crippen molar-refractivity contribution >= 4 is 17.5 Å². The number of rotatable bonds is 3. The quantitative estimate of drug-likeness (QED) is 0.853. The minimum Gasteiger partial charge on any atom is -0.351 e. The van der Waals surface area contributed by atoms with Crippen LogP contribution in [0.15, 0.2) is 24.3 Å². The first-order valence-electron chi connectivity index (χ1n) is 4.57. The maximum Gasteiger partial charge on any atom is 0.252 e. The van der Waals surface area contributed by atoms with Crippen LogP contribution in [0.2, 0.25) is 5.02 Å². The zero-order valence-corrected chi connectivity index (χ0v) is 9.08. The van der Waals surface area contributed by atoms with Crippen molar-refractivity contribution in [1.29, 1.82) is 5.26 Å². The Morgan fingerprint density at radius 3 is 2.87 bits per heavy atom. The van der Waals surface area contributed by atoms with E-state index in [0.29, 0.717) is 17.1 Å². The molecular weight excluding hydrogens is 212 g/mol. The summed E-state index contributed by atoms with van der Waals surface area (Å²) in [4.78, 5) is 11.6. The van der Waals surface area contributed by atoms with E-state index in [4.69, 9.17) is 16.9 Å². The van der Waals surface area contributed by atoms with Gasteiger partial charge in [-0.25, -0.2) is 0 Å². The second-order valence-corrected chi connectivity index (χ2v) is 3.63. The van der Waals surface area contributed by atoms with Gasteiger partial charge in [-0.1, -0.05) is 23.7 Å². The monoisotopic (exact) mass is 222 g/mol. The molecule has 0 saturated heterocycles. The summed E-state index contributed by atoms with van der Waals surface area (Å²) in [5.74, 6) is -0.445. The fourth-order valence-corrected chi connectivity index (χ4v) is 1.25. The molecule has 0 aliphatic heterocycles. The molecule has 78 valence electrons. The van der Waals surface area contributed by atoms with Crippen molar-refractivity contribution in [2.75, 3.05) is 6.54 Å². The van der Waals surface area contributed by atoms with Crippen LogP contribution in [0.5, 0.6) is 0 Å². The summed E-state index contributed by atoms with van der Waals surface area (Å²) in [5.41, 5.74) is 0.435. The average Bonchev–Trinajstić information content (AvgIpc) is 2.26. The van der Waals surface area contributed by atoms with Crippen LogP contribution in [0.4, 0.5) is 0 Å². The maximum absolute atomic E-state index is 11.6. The van der Waals surface area contributed by atoms with Gasteiger partial charge in [-0.3, -0.25) is 4.79 Å². The molecule has 0 saturated carbocycles. The number of nitriles is 1. The van der Waals surface area contributed by atoms with Gasteiger partial charge in [-0.05, 0) is 19.1 Å². The average molecular weight is 223 g/mol. The molecule has 1 aromatic rings. The van der Waals surface area contributed by atoms with Crippen LogP contribution >= 0.6 is 11.6 Å². The van der Waals surface area contributed by atoms with Gasteiger partial charge in [-0.2, -0.15) is 5.26 Å². The molecule has 4 heteroatoms. The molecule has 0 heterocycles. The van der Waals surface area contributed by atoms with Crippen LogP contribution < -0.4 is 5.32 Å². The van der Waals surface area contributed by atoms with Crippen molar-refractivity contribution in [1.82, 2.24) is 5.32 Å². The van der Waals surface area contributed by atoms with Crippen molar-refractivity contribution < 1.29 is 4.79 Å². The van der Waals surface area contributed by atoms with Crippen molar-refractivity contribution in [3.63, 3.8) is 0 Å². The molecule has 0 radical (unpaired) electrons. The van der Waals surface area contributed by atoms with E-state index in [2.05, 4.69) is 5.32 Å². The van der Waals surface area contributed by atoms with Gasteiger partial charge in [-0.15, -0.1) is 0 Å². The zero-order chi connectivity index (χ0) is 11.3. The fourth-order valence-electron chi connectivity index (χ4n) is 1.03. The third-order valence-corrected chi connectivity index (χ3v) is 2.24. The van der Waals surface area contributed by atoms with Crippen molar-refractivity contribution in [2.45, 2.75) is 6.92 Å². The molecule has 1 N–H and O–H groups in total. The Morgan fingerprint density at radius 1 is 1.60 bits per heavy atom.